The fourth-order valence-electron chi connectivity index (χ4n) is 1.77. The maximum atomic E-state index is 5.47. The number of aromatic nitrogens is 3. The lowest BCUT2D eigenvalue weighted by atomic mass is 10.4. The van der Waals surface area contributed by atoms with Crippen LogP contribution in [0.3, 0.4) is 0 Å². The minimum absolute atomic E-state index is 0.328. The SMILES string of the molecule is CCCOc1nc(NN)nc(N(CC)CC2CC2)n1. The van der Waals surface area contributed by atoms with Gasteiger partial charge < -0.3 is 9.64 Å². The van der Waals surface area contributed by atoms with Gasteiger partial charge in [0.25, 0.3) is 0 Å². The number of anilines is 2. The summed E-state index contributed by atoms with van der Waals surface area (Å²) in [4.78, 5) is 14.9. The van der Waals surface area contributed by atoms with Crippen molar-refractivity contribution in [1.29, 1.82) is 0 Å². The summed E-state index contributed by atoms with van der Waals surface area (Å²) in [7, 11) is 0. The van der Waals surface area contributed by atoms with Gasteiger partial charge in [0.05, 0.1) is 6.61 Å². The van der Waals surface area contributed by atoms with Crippen LogP contribution in [-0.4, -0.2) is 34.6 Å². The van der Waals surface area contributed by atoms with Crippen molar-refractivity contribution in [3.63, 3.8) is 0 Å². The first kappa shape index (κ1) is 13.8. The quantitative estimate of drug-likeness (QED) is 0.539. The Kier molecular flexibility index (Phi) is 4.73. The standard InChI is InChI=1S/C12H22N6O/c1-3-7-19-12-15-10(17-13)14-11(16-12)18(4-2)8-9-5-6-9/h9H,3-8,13H2,1-2H3,(H,14,15,16,17). The van der Waals surface area contributed by atoms with E-state index in [4.69, 9.17) is 10.6 Å². The molecule has 106 valence electrons. The van der Waals surface area contributed by atoms with Crippen LogP contribution < -0.4 is 20.9 Å². The molecule has 1 fully saturated rings. The van der Waals surface area contributed by atoms with Crippen LogP contribution in [0.1, 0.15) is 33.1 Å². The molecule has 1 aliphatic rings. The van der Waals surface area contributed by atoms with Crippen molar-refractivity contribution >= 4 is 11.9 Å². The van der Waals surface area contributed by atoms with E-state index in [0.717, 1.165) is 25.4 Å². The van der Waals surface area contributed by atoms with Gasteiger partial charge in [0.2, 0.25) is 11.9 Å². The maximum Gasteiger partial charge on any atom is 0.323 e. The van der Waals surface area contributed by atoms with Gasteiger partial charge in [-0.1, -0.05) is 6.92 Å². The zero-order valence-corrected chi connectivity index (χ0v) is 11.6. The van der Waals surface area contributed by atoms with Crippen molar-refractivity contribution in [3.8, 4) is 6.01 Å². The second kappa shape index (κ2) is 6.51. The Balaban J connectivity index is 2.15. The molecule has 7 heteroatoms. The van der Waals surface area contributed by atoms with Gasteiger partial charge in [0, 0.05) is 13.1 Å². The van der Waals surface area contributed by atoms with Crippen molar-refractivity contribution in [2.24, 2.45) is 11.8 Å². The highest BCUT2D eigenvalue weighted by Crippen LogP contribution is 2.30. The van der Waals surface area contributed by atoms with Gasteiger partial charge in [-0.25, -0.2) is 5.84 Å². The fraction of sp³-hybridized carbons (Fsp3) is 0.750. The highest BCUT2D eigenvalue weighted by Gasteiger charge is 2.25. The van der Waals surface area contributed by atoms with Crippen LogP contribution in [0.5, 0.6) is 6.01 Å². The van der Waals surface area contributed by atoms with Crippen molar-refractivity contribution in [3.05, 3.63) is 0 Å². The van der Waals surface area contributed by atoms with Gasteiger partial charge in [-0.15, -0.1) is 0 Å². The Hall–Kier alpha value is -1.63. The predicted molar refractivity (Wildman–Crippen MR) is 74.0 cm³/mol. The van der Waals surface area contributed by atoms with E-state index in [1.165, 1.54) is 12.8 Å². The molecule has 0 spiro atoms. The first-order valence-corrected chi connectivity index (χ1v) is 6.87. The van der Waals surface area contributed by atoms with Gasteiger partial charge in [-0.3, -0.25) is 5.43 Å². The van der Waals surface area contributed by atoms with E-state index in [0.29, 0.717) is 24.5 Å². The lowest BCUT2D eigenvalue weighted by Gasteiger charge is -2.21. The third-order valence-corrected chi connectivity index (χ3v) is 3.01. The molecule has 1 aromatic heterocycles. The fourth-order valence-corrected chi connectivity index (χ4v) is 1.77. The molecule has 1 aromatic rings. The third-order valence-electron chi connectivity index (χ3n) is 3.01. The van der Waals surface area contributed by atoms with Crippen LogP contribution in [0.25, 0.3) is 0 Å². The van der Waals surface area contributed by atoms with E-state index in [1.807, 2.05) is 6.92 Å². The molecule has 3 N–H and O–H groups in total. The molecular weight excluding hydrogens is 244 g/mol. The van der Waals surface area contributed by atoms with E-state index < -0.39 is 0 Å². The van der Waals surface area contributed by atoms with Gasteiger partial charge in [0.1, 0.15) is 0 Å². The summed E-state index contributed by atoms with van der Waals surface area (Å²) in [6.07, 6.45) is 3.50. The van der Waals surface area contributed by atoms with Crippen LogP contribution in [-0.2, 0) is 0 Å². The number of hydrogen-bond donors (Lipinski definition) is 2. The van der Waals surface area contributed by atoms with E-state index in [9.17, 15) is 0 Å². The average Bonchev–Trinajstić information content (AvgIpc) is 3.26. The number of hydrogen-bond acceptors (Lipinski definition) is 7. The molecule has 0 radical (unpaired) electrons. The Morgan fingerprint density at radius 1 is 1.32 bits per heavy atom. The molecule has 1 saturated carbocycles. The summed E-state index contributed by atoms with van der Waals surface area (Å²) in [5.41, 5.74) is 2.46. The summed E-state index contributed by atoms with van der Waals surface area (Å²) in [5, 5.41) is 0. The molecule has 0 saturated heterocycles. The molecule has 0 aliphatic heterocycles. The molecule has 1 heterocycles. The second-order valence-corrected chi connectivity index (χ2v) is 4.72. The molecule has 0 aromatic carbocycles. The molecule has 1 aliphatic carbocycles. The van der Waals surface area contributed by atoms with E-state index >= 15 is 0 Å². The smallest absolute Gasteiger partial charge is 0.323 e. The van der Waals surface area contributed by atoms with Crippen LogP contribution in [0.4, 0.5) is 11.9 Å². The minimum atomic E-state index is 0.328. The number of nitrogens with zero attached hydrogens (tertiary/aromatic N) is 4. The number of ether oxygens (including phenoxy) is 1. The Morgan fingerprint density at radius 2 is 2.11 bits per heavy atom. The summed E-state index contributed by atoms with van der Waals surface area (Å²) < 4.78 is 5.47. The zero-order valence-electron chi connectivity index (χ0n) is 11.6. The van der Waals surface area contributed by atoms with Crippen molar-refractivity contribution < 1.29 is 4.74 Å². The Morgan fingerprint density at radius 3 is 2.68 bits per heavy atom. The summed E-state index contributed by atoms with van der Waals surface area (Å²) >= 11 is 0. The van der Waals surface area contributed by atoms with Crippen LogP contribution in [0, 0.1) is 5.92 Å². The highest BCUT2D eigenvalue weighted by atomic mass is 16.5. The molecular formula is C12H22N6O. The molecule has 7 nitrogen and oxygen atoms in total. The van der Waals surface area contributed by atoms with Crippen LogP contribution >= 0.6 is 0 Å². The predicted octanol–water partition coefficient (Wildman–Crippen LogP) is 1.18. The number of nitrogens with two attached hydrogens (primary N) is 1. The van der Waals surface area contributed by atoms with Crippen molar-refractivity contribution in [2.45, 2.75) is 33.1 Å². The van der Waals surface area contributed by atoms with Crippen molar-refractivity contribution in [2.75, 3.05) is 30.0 Å². The Bertz CT molecular complexity index is 409. The lowest BCUT2D eigenvalue weighted by Crippen LogP contribution is -2.28. The monoisotopic (exact) mass is 266 g/mol. The van der Waals surface area contributed by atoms with E-state index in [1.54, 1.807) is 0 Å². The molecule has 2 rings (SSSR count). The highest BCUT2D eigenvalue weighted by molar-refractivity contribution is 5.37. The number of nitrogen functional groups attached to an aromatic ring is 1. The molecule has 19 heavy (non-hydrogen) atoms. The summed E-state index contributed by atoms with van der Waals surface area (Å²) in [5.74, 6) is 7.13. The van der Waals surface area contributed by atoms with Gasteiger partial charge in [0.15, 0.2) is 0 Å². The van der Waals surface area contributed by atoms with Crippen LogP contribution in [0.15, 0.2) is 0 Å². The first-order chi connectivity index (χ1) is 9.26. The third kappa shape index (κ3) is 3.92. The minimum Gasteiger partial charge on any atom is -0.463 e. The normalized spacial score (nSPS) is 14.3. The zero-order chi connectivity index (χ0) is 13.7. The second-order valence-electron chi connectivity index (χ2n) is 4.72. The number of rotatable bonds is 8. The molecule has 0 unspecified atom stereocenters. The van der Waals surface area contributed by atoms with Gasteiger partial charge in [-0.2, -0.15) is 15.0 Å². The number of nitrogens with one attached hydrogen (secondary N) is 1. The van der Waals surface area contributed by atoms with Crippen LogP contribution in [0.2, 0.25) is 0 Å². The molecule has 0 amide bonds. The lowest BCUT2D eigenvalue weighted by molar-refractivity contribution is 0.291. The summed E-state index contributed by atoms with van der Waals surface area (Å²) in [6, 6.07) is 0.328. The number of hydrazine groups is 1. The van der Waals surface area contributed by atoms with Gasteiger partial charge >= 0.3 is 6.01 Å². The topological polar surface area (TPSA) is 89.2 Å². The largest absolute Gasteiger partial charge is 0.463 e. The van der Waals surface area contributed by atoms with E-state index in [2.05, 4.69) is 32.2 Å². The average molecular weight is 266 g/mol. The van der Waals surface area contributed by atoms with E-state index in [-0.39, 0.29) is 0 Å². The molecule has 0 atom stereocenters. The van der Waals surface area contributed by atoms with Crippen molar-refractivity contribution in [1.82, 2.24) is 15.0 Å². The molecule has 0 bridgehead atoms. The maximum absolute atomic E-state index is 5.47. The summed E-state index contributed by atoms with van der Waals surface area (Å²) in [6.45, 7) is 6.56. The van der Waals surface area contributed by atoms with Gasteiger partial charge in [-0.05, 0) is 32.1 Å². The Labute approximate surface area is 113 Å². The first-order valence-electron chi connectivity index (χ1n) is 6.87.